The molecule has 1 fully saturated rings. The zero-order valence-corrected chi connectivity index (χ0v) is 7.03. The Balaban J connectivity index is 2.26. The minimum Gasteiger partial charge on any atom is -0.396 e. The molecule has 0 bridgehead atoms. The number of hydrogen-bond acceptors (Lipinski definition) is 3. The first kappa shape index (κ1) is 7.53. The van der Waals surface area contributed by atoms with Gasteiger partial charge in [0.15, 0.2) is 0 Å². The van der Waals surface area contributed by atoms with Crippen LogP contribution < -0.4 is 5.73 Å². The van der Waals surface area contributed by atoms with E-state index < -0.39 is 0 Å². The van der Waals surface area contributed by atoms with Crippen LogP contribution in [0.3, 0.4) is 0 Å². The number of aromatic nitrogens is 2. The molecule has 1 aromatic heterocycles. The first-order chi connectivity index (χ1) is 5.88. The van der Waals surface area contributed by atoms with Gasteiger partial charge in [0.25, 0.3) is 0 Å². The molecule has 2 rings (SSSR count). The molecule has 1 heterocycles. The third-order valence-electron chi connectivity index (χ3n) is 2.51. The summed E-state index contributed by atoms with van der Waals surface area (Å²) >= 11 is 0. The molecule has 0 aromatic carbocycles. The van der Waals surface area contributed by atoms with Crippen molar-refractivity contribution in [2.45, 2.75) is 31.6 Å². The van der Waals surface area contributed by atoms with E-state index in [4.69, 9.17) is 5.73 Å². The topological polar surface area (TPSA) is 51.8 Å². The summed E-state index contributed by atoms with van der Waals surface area (Å²) in [4.78, 5) is 8.10. The van der Waals surface area contributed by atoms with Gasteiger partial charge in [0.05, 0.1) is 17.6 Å². The highest BCUT2D eigenvalue weighted by Crippen LogP contribution is 2.34. The number of nitrogen functional groups attached to an aromatic ring is 1. The fraction of sp³-hybridized carbons (Fsp3) is 0.556. The van der Waals surface area contributed by atoms with E-state index in [-0.39, 0.29) is 0 Å². The van der Waals surface area contributed by atoms with Gasteiger partial charge in [-0.15, -0.1) is 0 Å². The van der Waals surface area contributed by atoms with Gasteiger partial charge < -0.3 is 5.73 Å². The second kappa shape index (κ2) is 3.09. The second-order valence-corrected chi connectivity index (χ2v) is 3.34. The van der Waals surface area contributed by atoms with Crippen LogP contribution in [0.5, 0.6) is 0 Å². The molecule has 0 spiro atoms. The Morgan fingerprint density at radius 2 is 2.08 bits per heavy atom. The van der Waals surface area contributed by atoms with E-state index in [1.165, 1.54) is 25.7 Å². The summed E-state index contributed by atoms with van der Waals surface area (Å²) < 4.78 is 0. The van der Waals surface area contributed by atoms with Crippen LogP contribution in [0.25, 0.3) is 0 Å². The van der Waals surface area contributed by atoms with Crippen molar-refractivity contribution in [3.05, 3.63) is 18.2 Å². The summed E-state index contributed by atoms with van der Waals surface area (Å²) in [6.45, 7) is 0. The molecule has 64 valence electrons. The highest BCUT2D eigenvalue weighted by molar-refractivity contribution is 5.41. The van der Waals surface area contributed by atoms with Gasteiger partial charge >= 0.3 is 0 Å². The van der Waals surface area contributed by atoms with Gasteiger partial charge in [0.1, 0.15) is 6.33 Å². The molecule has 0 radical (unpaired) electrons. The van der Waals surface area contributed by atoms with Crippen LogP contribution in [-0.4, -0.2) is 9.97 Å². The van der Waals surface area contributed by atoms with Crippen LogP contribution in [0.4, 0.5) is 5.69 Å². The summed E-state index contributed by atoms with van der Waals surface area (Å²) in [5.74, 6) is 0.591. The summed E-state index contributed by atoms with van der Waals surface area (Å²) in [5.41, 5.74) is 7.59. The molecule has 0 atom stereocenters. The lowest BCUT2D eigenvalue weighted by Gasteiger charge is -2.09. The van der Waals surface area contributed by atoms with Crippen molar-refractivity contribution in [1.29, 1.82) is 0 Å². The van der Waals surface area contributed by atoms with Crippen LogP contribution in [-0.2, 0) is 0 Å². The normalized spacial score (nSPS) is 18.3. The fourth-order valence-electron chi connectivity index (χ4n) is 1.89. The van der Waals surface area contributed by atoms with E-state index in [0.717, 1.165) is 11.4 Å². The smallest absolute Gasteiger partial charge is 0.115 e. The maximum atomic E-state index is 5.78. The van der Waals surface area contributed by atoms with Crippen LogP contribution >= 0.6 is 0 Å². The van der Waals surface area contributed by atoms with E-state index in [9.17, 15) is 0 Å². The monoisotopic (exact) mass is 163 g/mol. The van der Waals surface area contributed by atoms with Gasteiger partial charge in [-0.1, -0.05) is 12.8 Å². The molecule has 0 saturated heterocycles. The Hall–Kier alpha value is -1.12. The molecule has 0 amide bonds. The first-order valence-electron chi connectivity index (χ1n) is 4.43. The molecular formula is C9H13N3. The van der Waals surface area contributed by atoms with E-state index >= 15 is 0 Å². The molecule has 1 aromatic rings. The molecular weight excluding hydrogens is 150 g/mol. The highest BCUT2D eigenvalue weighted by Gasteiger charge is 2.19. The molecule has 12 heavy (non-hydrogen) atoms. The number of nitrogens with zero attached hydrogens (tertiary/aromatic N) is 2. The van der Waals surface area contributed by atoms with E-state index in [2.05, 4.69) is 9.97 Å². The van der Waals surface area contributed by atoms with Gasteiger partial charge in [-0.3, -0.25) is 0 Å². The average molecular weight is 163 g/mol. The Bertz CT molecular complexity index is 266. The Morgan fingerprint density at radius 1 is 1.33 bits per heavy atom. The molecule has 1 saturated carbocycles. The first-order valence-corrected chi connectivity index (χ1v) is 4.43. The van der Waals surface area contributed by atoms with Crippen LogP contribution in [0, 0.1) is 0 Å². The van der Waals surface area contributed by atoms with Crippen molar-refractivity contribution < 1.29 is 0 Å². The van der Waals surface area contributed by atoms with Crippen LogP contribution in [0.15, 0.2) is 12.5 Å². The number of rotatable bonds is 1. The quantitative estimate of drug-likeness (QED) is 0.685. The van der Waals surface area contributed by atoms with Crippen molar-refractivity contribution in [2.24, 2.45) is 0 Å². The molecule has 2 N–H and O–H groups in total. The maximum absolute atomic E-state index is 5.78. The largest absolute Gasteiger partial charge is 0.396 e. The van der Waals surface area contributed by atoms with Gasteiger partial charge in [0, 0.05) is 5.92 Å². The van der Waals surface area contributed by atoms with Crippen molar-refractivity contribution in [3.8, 4) is 0 Å². The Labute approximate surface area is 72.0 Å². The summed E-state index contributed by atoms with van der Waals surface area (Å²) in [6, 6.07) is 0. The minimum atomic E-state index is 0.591. The van der Waals surface area contributed by atoms with Crippen molar-refractivity contribution >= 4 is 5.69 Å². The number of anilines is 1. The highest BCUT2D eigenvalue weighted by atomic mass is 14.9. The third-order valence-corrected chi connectivity index (χ3v) is 2.51. The SMILES string of the molecule is Nc1cncnc1C1CCCC1. The molecule has 3 nitrogen and oxygen atoms in total. The summed E-state index contributed by atoms with van der Waals surface area (Å²) in [6.07, 6.45) is 8.38. The van der Waals surface area contributed by atoms with E-state index in [1.807, 2.05) is 0 Å². The predicted molar refractivity (Wildman–Crippen MR) is 47.7 cm³/mol. The van der Waals surface area contributed by atoms with Gasteiger partial charge in [-0.05, 0) is 12.8 Å². The molecule has 1 aliphatic rings. The Kier molecular flexibility index (Phi) is 1.94. The maximum Gasteiger partial charge on any atom is 0.115 e. The lowest BCUT2D eigenvalue weighted by molar-refractivity contribution is 0.697. The zero-order valence-electron chi connectivity index (χ0n) is 7.03. The van der Waals surface area contributed by atoms with Gasteiger partial charge in [-0.2, -0.15) is 0 Å². The number of hydrogen-bond donors (Lipinski definition) is 1. The molecule has 3 heteroatoms. The molecule has 0 aliphatic heterocycles. The minimum absolute atomic E-state index is 0.591. The standard InChI is InChI=1S/C9H13N3/c10-8-5-11-6-12-9(8)7-3-1-2-4-7/h5-7H,1-4,10H2. The average Bonchev–Trinajstić information content (AvgIpc) is 2.57. The van der Waals surface area contributed by atoms with Gasteiger partial charge in [0.2, 0.25) is 0 Å². The van der Waals surface area contributed by atoms with Crippen LogP contribution in [0.2, 0.25) is 0 Å². The second-order valence-electron chi connectivity index (χ2n) is 3.34. The number of nitrogens with two attached hydrogens (primary N) is 1. The van der Waals surface area contributed by atoms with E-state index in [1.54, 1.807) is 12.5 Å². The van der Waals surface area contributed by atoms with Crippen LogP contribution in [0.1, 0.15) is 37.3 Å². The zero-order chi connectivity index (χ0) is 8.39. The molecule has 1 aliphatic carbocycles. The molecule has 0 unspecified atom stereocenters. The van der Waals surface area contributed by atoms with Crippen molar-refractivity contribution in [3.63, 3.8) is 0 Å². The van der Waals surface area contributed by atoms with Crippen molar-refractivity contribution in [1.82, 2.24) is 9.97 Å². The predicted octanol–water partition coefficient (Wildman–Crippen LogP) is 1.72. The summed E-state index contributed by atoms with van der Waals surface area (Å²) in [5, 5.41) is 0. The Morgan fingerprint density at radius 3 is 2.75 bits per heavy atom. The lowest BCUT2D eigenvalue weighted by atomic mass is 10.0. The summed E-state index contributed by atoms with van der Waals surface area (Å²) in [7, 11) is 0. The third kappa shape index (κ3) is 1.26. The lowest BCUT2D eigenvalue weighted by Crippen LogP contribution is -2.02. The van der Waals surface area contributed by atoms with E-state index in [0.29, 0.717) is 5.92 Å². The van der Waals surface area contributed by atoms with Gasteiger partial charge in [-0.25, -0.2) is 9.97 Å². The fourth-order valence-corrected chi connectivity index (χ4v) is 1.89. The van der Waals surface area contributed by atoms with Crippen molar-refractivity contribution in [2.75, 3.05) is 5.73 Å².